The van der Waals surface area contributed by atoms with Crippen molar-refractivity contribution in [3.63, 3.8) is 0 Å². The molecule has 1 fully saturated rings. The van der Waals surface area contributed by atoms with Gasteiger partial charge in [-0.25, -0.2) is 0 Å². The highest BCUT2D eigenvalue weighted by Gasteiger charge is 2.31. The van der Waals surface area contributed by atoms with Crippen LogP contribution < -0.4 is 5.73 Å². The largest absolute Gasteiger partial charge is 0.416 e. The van der Waals surface area contributed by atoms with Crippen LogP contribution in [0.5, 0.6) is 0 Å². The molecular weight excluding hydrogens is 251 g/mol. The second-order valence-corrected chi connectivity index (χ2v) is 5.63. The van der Waals surface area contributed by atoms with Crippen LogP contribution in [0.1, 0.15) is 37.3 Å². The number of rotatable bonds is 3. The van der Waals surface area contributed by atoms with Crippen molar-refractivity contribution in [3.8, 4) is 0 Å². The average Bonchev–Trinajstić information content (AvgIpc) is 2.75. The number of hydrogen-bond acceptors (Lipinski definition) is 1. The first kappa shape index (κ1) is 14.4. The molecule has 2 rings (SSSR count). The zero-order chi connectivity index (χ0) is 14.0. The molecule has 1 aliphatic carbocycles. The molecule has 0 radical (unpaired) electrons. The second kappa shape index (κ2) is 5.53. The maximum absolute atomic E-state index is 12.5. The highest BCUT2D eigenvalue weighted by atomic mass is 19.4. The van der Waals surface area contributed by atoms with Gasteiger partial charge in [0.2, 0.25) is 0 Å². The first-order valence-electron chi connectivity index (χ1n) is 6.79. The van der Waals surface area contributed by atoms with Crippen molar-refractivity contribution < 1.29 is 13.2 Å². The van der Waals surface area contributed by atoms with Crippen LogP contribution in [0.25, 0.3) is 0 Å². The highest BCUT2D eigenvalue weighted by molar-refractivity contribution is 5.25. The Morgan fingerprint density at radius 3 is 2.32 bits per heavy atom. The molecule has 1 saturated carbocycles. The van der Waals surface area contributed by atoms with Crippen molar-refractivity contribution in [2.24, 2.45) is 17.6 Å². The molecule has 0 aliphatic heterocycles. The molecular formula is C15H20F3N. The van der Waals surface area contributed by atoms with E-state index in [0.717, 1.165) is 24.1 Å². The zero-order valence-electron chi connectivity index (χ0n) is 11.1. The van der Waals surface area contributed by atoms with E-state index in [0.29, 0.717) is 18.3 Å². The SMILES string of the molecule is CC1CCCC1C(N)Cc1ccc(C(F)(F)F)cc1. The highest BCUT2D eigenvalue weighted by Crippen LogP contribution is 2.34. The van der Waals surface area contributed by atoms with Gasteiger partial charge >= 0.3 is 6.18 Å². The lowest BCUT2D eigenvalue weighted by molar-refractivity contribution is -0.137. The summed E-state index contributed by atoms with van der Waals surface area (Å²) in [6.07, 6.45) is -0.0331. The van der Waals surface area contributed by atoms with E-state index in [9.17, 15) is 13.2 Å². The molecule has 0 amide bonds. The maximum Gasteiger partial charge on any atom is 0.416 e. The fourth-order valence-corrected chi connectivity index (χ4v) is 3.06. The third kappa shape index (κ3) is 3.50. The molecule has 0 aromatic heterocycles. The van der Waals surface area contributed by atoms with Gasteiger partial charge < -0.3 is 5.73 Å². The summed E-state index contributed by atoms with van der Waals surface area (Å²) in [5.74, 6) is 1.13. The van der Waals surface area contributed by atoms with Crippen molar-refractivity contribution >= 4 is 0 Å². The first-order valence-corrected chi connectivity index (χ1v) is 6.79. The molecule has 1 aliphatic rings. The standard InChI is InChI=1S/C15H20F3N/c1-10-3-2-4-13(10)14(19)9-11-5-7-12(8-6-11)15(16,17)18/h5-8,10,13-14H,2-4,9,19H2,1H3. The molecule has 0 saturated heterocycles. The molecule has 1 nitrogen and oxygen atoms in total. The Labute approximate surface area is 112 Å². The van der Waals surface area contributed by atoms with Crippen molar-refractivity contribution in [1.82, 2.24) is 0 Å². The van der Waals surface area contributed by atoms with Gasteiger partial charge in [0.1, 0.15) is 0 Å². The summed E-state index contributed by atoms with van der Waals surface area (Å²) in [7, 11) is 0. The van der Waals surface area contributed by atoms with Gasteiger partial charge in [-0.05, 0) is 42.4 Å². The van der Waals surface area contributed by atoms with Gasteiger partial charge in [-0.1, -0.05) is 31.9 Å². The summed E-state index contributed by atoms with van der Waals surface area (Å²) < 4.78 is 37.4. The van der Waals surface area contributed by atoms with Crippen molar-refractivity contribution in [2.75, 3.05) is 0 Å². The average molecular weight is 271 g/mol. The van der Waals surface area contributed by atoms with Crippen molar-refractivity contribution in [1.29, 1.82) is 0 Å². The minimum Gasteiger partial charge on any atom is -0.327 e. The summed E-state index contributed by atoms with van der Waals surface area (Å²) >= 11 is 0. The first-order chi connectivity index (χ1) is 8.88. The molecule has 1 aromatic rings. The molecule has 0 spiro atoms. The molecule has 2 N–H and O–H groups in total. The van der Waals surface area contributed by atoms with Crippen LogP contribution in [0, 0.1) is 11.8 Å². The summed E-state index contributed by atoms with van der Waals surface area (Å²) in [5, 5.41) is 0. The van der Waals surface area contributed by atoms with Gasteiger partial charge in [-0.2, -0.15) is 13.2 Å². The predicted octanol–water partition coefficient (Wildman–Crippen LogP) is 4.01. The Morgan fingerprint density at radius 2 is 1.84 bits per heavy atom. The Bertz CT molecular complexity index is 410. The molecule has 0 heterocycles. The molecule has 0 bridgehead atoms. The molecule has 1 aromatic carbocycles. The summed E-state index contributed by atoms with van der Waals surface area (Å²) in [6, 6.07) is 5.42. The van der Waals surface area contributed by atoms with E-state index in [2.05, 4.69) is 6.92 Å². The van der Waals surface area contributed by atoms with Gasteiger partial charge in [0.15, 0.2) is 0 Å². The molecule has 4 heteroatoms. The minimum atomic E-state index is -4.26. The minimum absolute atomic E-state index is 0.0502. The van der Waals surface area contributed by atoms with Gasteiger partial charge in [-0.3, -0.25) is 0 Å². The molecule has 106 valence electrons. The maximum atomic E-state index is 12.5. The number of benzene rings is 1. The smallest absolute Gasteiger partial charge is 0.327 e. The summed E-state index contributed by atoms with van der Waals surface area (Å²) in [6.45, 7) is 2.21. The van der Waals surface area contributed by atoms with Crippen LogP contribution in [0.4, 0.5) is 13.2 Å². The van der Waals surface area contributed by atoms with Gasteiger partial charge in [0.25, 0.3) is 0 Å². The second-order valence-electron chi connectivity index (χ2n) is 5.63. The van der Waals surface area contributed by atoms with Crippen molar-refractivity contribution in [3.05, 3.63) is 35.4 Å². The Hall–Kier alpha value is -1.03. The number of alkyl halides is 3. The van der Waals surface area contributed by atoms with E-state index in [1.54, 1.807) is 12.1 Å². The monoisotopic (exact) mass is 271 g/mol. The van der Waals surface area contributed by atoms with Crippen LogP contribution in [0.15, 0.2) is 24.3 Å². The number of halogens is 3. The number of hydrogen-bond donors (Lipinski definition) is 1. The van der Waals surface area contributed by atoms with Crippen LogP contribution in [-0.4, -0.2) is 6.04 Å². The van der Waals surface area contributed by atoms with Gasteiger partial charge in [0.05, 0.1) is 5.56 Å². The van der Waals surface area contributed by atoms with Crippen LogP contribution >= 0.6 is 0 Å². The lowest BCUT2D eigenvalue weighted by Gasteiger charge is -2.23. The molecule has 3 unspecified atom stereocenters. The molecule has 19 heavy (non-hydrogen) atoms. The van der Waals surface area contributed by atoms with Crippen LogP contribution in [0.2, 0.25) is 0 Å². The van der Waals surface area contributed by atoms with Crippen molar-refractivity contribution in [2.45, 2.75) is 44.8 Å². The third-order valence-electron chi connectivity index (χ3n) is 4.23. The lowest BCUT2D eigenvalue weighted by Crippen LogP contribution is -2.33. The number of nitrogens with two attached hydrogens (primary N) is 1. The van der Waals surface area contributed by atoms with Gasteiger partial charge in [-0.15, -0.1) is 0 Å². The van der Waals surface area contributed by atoms with E-state index >= 15 is 0 Å². The van der Waals surface area contributed by atoms with E-state index < -0.39 is 11.7 Å². The van der Waals surface area contributed by atoms with E-state index in [4.69, 9.17) is 5.73 Å². The van der Waals surface area contributed by atoms with Crippen LogP contribution in [0.3, 0.4) is 0 Å². The fraction of sp³-hybridized carbons (Fsp3) is 0.600. The molecule has 3 atom stereocenters. The topological polar surface area (TPSA) is 26.0 Å². The Morgan fingerprint density at radius 1 is 1.21 bits per heavy atom. The van der Waals surface area contributed by atoms with Crippen LogP contribution in [-0.2, 0) is 12.6 Å². The Kier molecular flexibility index (Phi) is 4.19. The van der Waals surface area contributed by atoms with Gasteiger partial charge in [0, 0.05) is 6.04 Å². The predicted molar refractivity (Wildman–Crippen MR) is 69.6 cm³/mol. The third-order valence-corrected chi connectivity index (χ3v) is 4.23. The quantitative estimate of drug-likeness (QED) is 0.883. The van der Waals surface area contributed by atoms with E-state index in [1.807, 2.05) is 0 Å². The lowest BCUT2D eigenvalue weighted by atomic mass is 9.87. The normalized spacial score (nSPS) is 25.5. The summed E-state index contributed by atoms with van der Waals surface area (Å²) in [5.41, 5.74) is 6.49. The Balaban J connectivity index is 1.99. The fourth-order valence-electron chi connectivity index (χ4n) is 3.06. The summed E-state index contributed by atoms with van der Waals surface area (Å²) in [4.78, 5) is 0. The van der Waals surface area contributed by atoms with E-state index in [1.165, 1.54) is 12.8 Å². The zero-order valence-corrected chi connectivity index (χ0v) is 11.1. The van der Waals surface area contributed by atoms with E-state index in [-0.39, 0.29) is 6.04 Å².